The van der Waals surface area contributed by atoms with Crippen LogP contribution in [0.1, 0.15) is 60.3 Å². The highest BCUT2D eigenvalue weighted by Crippen LogP contribution is 2.51. The summed E-state index contributed by atoms with van der Waals surface area (Å²) < 4.78 is 18.3. The van der Waals surface area contributed by atoms with Crippen molar-refractivity contribution in [3.05, 3.63) is 0 Å². The molecule has 0 rings (SSSR count). The summed E-state index contributed by atoms with van der Waals surface area (Å²) in [4.78, 5) is 0. The molecule has 0 aromatic heterocycles. The van der Waals surface area contributed by atoms with Gasteiger partial charge in [0.2, 0.25) is 7.37 Å². The molecule has 2 nitrogen and oxygen atoms in total. The molecular weight excluding hydrogens is 207 g/mol. The molecule has 0 fully saturated rings. The van der Waals surface area contributed by atoms with Crippen molar-refractivity contribution in [3.8, 4) is 0 Å². The summed E-state index contributed by atoms with van der Waals surface area (Å²) in [5.41, 5.74) is -0.281. The summed E-state index contributed by atoms with van der Waals surface area (Å²) in [6.07, 6.45) is 5.70. The van der Waals surface area contributed by atoms with E-state index in [2.05, 4.69) is 13.8 Å². The van der Waals surface area contributed by atoms with Crippen LogP contribution in [0.15, 0.2) is 0 Å². The monoisotopic (exact) mass is 234 g/mol. The van der Waals surface area contributed by atoms with Crippen molar-refractivity contribution in [2.75, 3.05) is 12.3 Å². The van der Waals surface area contributed by atoms with E-state index in [-0.39, 0.29) is 5.60 Å². The third kappa shape index (κ3) is 8.04. The van der Waals surface area contributed by atoms with E-state index in [0.717, 1.165) is 38.0 Å². The molecule has 0 saturated carbocycles. The van der Waals surface area contributed by atoms with Crippen LogP contribution in [0.5, 0.6) is 0 Å². The summed E-state index contributed by atoms with van der Waals surface area (Å²) in [5.74, 6) is 0. The second-order valence-corrected chi connectivity index (χ2v) is 7.88. The van der Waals surface area contributed by atoms with Crippen LogP contribution in [0.3, 0.4) is 0 Å². The third-order valence-electron chi connectivity index (χ3n) is 2.14. The first-order chi connectivity index (χ1) is 6.83. The molecule has 0 aromatic rings. The fourth-order valence-corrected chi connectivity index (χ4v) is 4.50. The normalized spacial score (nSPS) is 13.1. The zero-order valence-electron chi connectivity index (χ0n) is 11.0. The van der Waals surface area contributed by atoms with E-state index in [0.29, 0.717) is 0 Å². The van der Waals surface area contributed by atoms with Gasteiger partial charge in [0, 0.05) is 12.3 Å². The molecule has 0 aliphatic heterocycles. The maximum Gasteiger partial charge on any atom is 0.203 e. The number of rotatable bonds is 7. The lowest BCUT2D eigenvalue weighted by molar-refractivity contribution is 0.134. The first kappa shape index (κ1) is 15.2. The highest BCUT2D eigenvalue weighted by Gasteiger charge is 2.27. The van der Waals surface area contributed by atoms with Gasteiger partial charge in [-0.3, -0.25) is 4.57 Å². The quantitative estimate of drug-likeness (QED) is 0.598. The zero-order chi connectivity index (χ0) is 11.9. The van der Waals surface area contributed by atoms with Crippen molar-refractivity contribution in [2.45, 2.75) is 65.9 Å². The molecule has 0 radical (unpaired) electrons. The molecule has 0 N–H and O–H groups in total. The van der Waals surface area contributed by atoms with Gasteiger partial charge in [-0.1, -0.05) is 26.7 Å². The smallest absolute Gasteiger partial charge is 0.203 e. The first-order valence-electron chi connectivity index (χ1n) is 6.12. The highest BCUT2D eigenvalue weighted by atomic mass is 31.2. The van der Waals surface area contributed by atoms with Crippen LogP contribution in [0.25, 0.3) is 0 Å². The molecule has 15 heavy (non-hydrogen) atoms. The first-order valence-corrected chi connectivity index (χ1v) is 8.11. The molecule has 0 saturated heterocycles. The Morgan fingerprint density at radius 2 is 1.40 bits per heavy atom. The summed E-state index contributed by atoms with van der Waals surface area (Å²) in [5, 5.41) is 0. The number of hydrogen-bond donors (Lipinski definition) is 0. The van der Waals surface area contributed by atoms with E-state index in [1.165, 1.54) is 0 Å². The van der Waals surface area contributed by atoms with Gasteiger partial charge in [0.05, 0.1) is 5.60 Å². The molecule has 3 heteroatoms. The molecule has 0 atom stereocenters. The van der Waals surface area contributed by atoms with Gasteiger partial charge in [0.15, 0.2) is 0 Å². The maximum absolute atomic E-state index is 12.5. The van der Waals surface area contributed by atoms with E-state index in [4.69, 9.17) is 4.52 Å². The second-order valence-electron chi connectivity index (χ2n) is 5.17. The van der Waals surface area contributed by atoms with Crippen LogP contribution < -0.4 is 0 Å². The Hall–Kier alpha value is 0.190. The van der Waals surface area contributed by atoms with Gasteiger partial charge in [-0.05, 0) is 33.6 Å². The van der Waals surface area contributed by atoms with Gasteiger partial charge in [0.1, 0.15) is 0 Å². The summed E-state index contributed by atoms with van der Waals surface area (Å²) >= 11 is 0. The van der Waals surface area contributed by atoms with Gasteiger partial charge in [-0.25, -0.2) is 0 Å². The molecule has 0 amide bonds. The molecule has 0 unspecified atom stereocenters. The van der Waals surface area contributed by atoms with Crippen molar-refractivity contribution in [1.82, 2.24) is 0 Å². The molecule has 0 aromatic carbocycles. The lowest BCUT2D eigenvalue weighted by atomic mass is 10.2. The lowest BCUT2D eigenvalue weighted by Gasteiger charge is -2.27. The summed E-state index contributed by atoms with van der Waals surface area (Å²) in [6.45, 7) is 10.2. The van der Waals surface area contributed by atoms with Crippen molar-refractivity contribution in [1.29, 1.82) is 0 Å². The standard InChI is InChI=1S/C12H27O2P/c1-6-8-10-15(13,11-9-7-2)14-12(3,4)5/h6-11H2,1-5H3. The van der Waals surface area contributed by atoms with Crippen LogP contribution in [0, 0.1) is 0 Å². The van der Waals surface area contributed by atoms with Gasteiger partial charge in [-0.15, -0.1) is 0 Å². The summed E-state index contributed by atoms with van der Waals surface area (Å²) in [7, 11) is -2.37. The van der Waals surface area contributed by atoms with E-state index >= 15 is 0 Å². The Balaban J connectivity index is 4.34. The minimum absolute atomic E-state index is 0.281. The Labute approximate surface area is 95.2 Å². The van der Waals surface area contributed by atoms with Crippen molar-refractivity contribution < 1.29 is 9.09 Å². The number of unbranched alkanes of at least 4 members (excludes halogenated alkanes) is 2. The molecule has 0 spiro atoms. The van der Waals surface area contributed by atoms with E-state index in [1.807, 2.05) is 20.8 Å². The van der Waals surface area contributed by atoms with Gasteiger partial charge in [-0.2, -0.15) is 0 Å². The van der Waals surface area contributed by atoms with E-state index < -0.39 is 7.37 Å². The fraction of sp³-hybridized carbons (Fsp3) is 1.00. The molecule has 0 aliphatic rings. The van der Waals surface area contributed by atoms with Crippen LogP contribution in [-0.2, 0) is 9.09 Å². The molecular formula is C12H27O2P. The van der Waals surface area contributed by atoms with Gasteiger partial charge < -0.3 is 4.52 Å². The highest BCUT2D eigenvalue weighted by molar-refractivity contribution is 7.59. The zero-order valence-corrected chi connectivity index (χ0v) is 11.9. The van der Waals surface area contributed by atoms with Crippen LogP contribution in [0.4, 0.5) is 0 Å². The van der Waals surface area contributed by atoms with Crippen molar-refractivity contribution in [2.24, 2.45) is 0 Å². The molecule has 0 heterocycles. The van der Waals surface area contributed by atoms with Gasteiger partial charge in [0.25, 0.3) is 0 Å². The van der Waals surface area contributed by atoms with E-state index in [9.17, 15) is 4.57 Å². The maximum atomic E-state index is 12.5. The Bertz CT molecular complexity index is 194. The minimum Gasteiger partial charge on any atom is -0.323 e. The topological polar surface area (TPSA) is 26.3 Å². The SMILES string of the molecule is CCCCP(=O)(CCCC)OC(C)(C)C. The lowest BCUT2D eigenvalue weighted by Crippen LogP contribution is -2.19. The Kier molecular flexibility index (Phi) is 6.79. The van der Waals surface area contributed by atoms with Crippen LogP contribution in [-0.4, -0.2) is 17.9 Å². The summed E-state index contributed by atoms with van der Waals surface area (Å²) in [6, 6.07) is 0. The molecule has 92 valence electrons. The number of hydrogen-bond acceptors (Lipinski definition) is 2. The van der Waals surface area contributed by atoms with Crippen LogP contribution >= 0.6 is 7.37 Å². The minimum atomic E-state index is -2.37. The van der Waals surface area contributed by atoms with Crippen molar-refractivity contribution >= 4 is 7.37 Å². The predicted molar refractivity (Wildman–Crippen MR) is 68.0 cm³/mol. The molecule has 0 aliphatic carbocycles. The largest absolute Gasteiger partial charge is 0.323 e. The average Bonchev–Trinajstić information content (AvgIpc) is 2.09. The third-order valence-corrected chi connectivity index (χ3v) is 5.02. The van der Waals surface area contributed by atoms with Crippen molar-refractivity contribution in [3.63, 3.8) is 0 Å². The Morgan fingerprint density at radius 1 is 1.00 bits per heavy atom. The van der Waals surface area contributed by atoms with Crippen LogP contribution in [0.2, 0.25) is 0 Å². The fourth-order valence-electron chi connectivity index (χ4n) is 1.50. The average molecular weight is 234 g/mol. The second kappa shape index (κ2) is 6.70. The Morgan fingerprint density at radius 3 is 1.67 bits per heavy atom. The van der Waals surface area contributed by atoms with E-state index in [1.54, 1.807) is 0 Å². The van der Waals surface area contributed by atoms with Gasteiger partial charge >= 0.3 is 0 Å². The predicted octanol–water partition coefficient (Wildman–Crippen LogP) is 4.68. The molecule has 0 bridgehead atoms.